The number of nitrogens with two attached hydrogens (primary N) is 1. The van der Waals surface area contributed by atoms with Crippen LogP contribution >= 0.6 is 0 Å². The molecular weight excluding hydrogens is 238 g/mol. The Labute approximate surface area is 104 Å². The average molecular weight is 257 g/mol. The van der Waals surface area contributed by atoms with Crippen molar-refractivity contribution in [3.63, 3.8) is 0 Å². The van der Waals surface area contributed by atoms with Gasteiger partial charge >= 0.3 is 5.69 Å². The van der Waals surface area contributed by atoms with Gasteiger partial charge in [0, 0.05) is 12.7 Å². The number of rotatable bonds is 7. The zero-order valence-corrected chi connectivity index (χ0v) is 10.5. The van der Waals surface area contributed by atoms with Crippen LogP contribution in [0.1, 0.15) is 13.3 Å². The predicted molar refractivity (Wildman–Crippen MR) is 67.6 cm³/mol. The van der Waals surface area contributed by atoms with E-state index in [0.29, 0.717) is 6.54 Å². The Morgan fingerprint density at radius 1 is 1.33 bits per heavy atom. The minimum absolute atomic E-state index is 0.0465. The number of nitrogen functional groups attached to an aromatic ring is 1. The van der Waals surface area contributed by atoms with Crippen molar-refractivity contribution in [2.24, 2.45) is 0 Å². The first-order valence-electron chi connectivity index (χ1n) is 5.90. The molecule has 0 aliphatic rings. The molecule has 0 bridgehead atoms. The summed E-state index contributed by atoms with van der Waals surface area (Å²) in [5.41, 5.74) is 4.74. The summed E-state index contributed by atoms with van der Waals surface area (Å²) in [6, 6.07) is 0. The number of hydrogen-bond acceptors (Lipinski definition) is 5. The van der Waals surface area contributed by atoms with Crippen molar-refractivity contribution in [1.29, 1.82) is 0 Å². The zero-order valence-electron chi connectivity index (χ0n) is 10.5. The number of anilines is 1. The van der Waals surface area contributed by atoms with Crippen molar-refractivity contribution >= 4 is 5.69 Å². The van der Waals surface area contributed by atoms with Crippen molar-refractivity contribution in [2.45, 2.75) is 26.4 Å². The number of aliphatic hydroxyl groups excluding tert-OH is 1. The molecule has 3 N–H and O–H groups in total. The van der Waals surface area contributed by atoms with E-state index in [1.165, 1.54) is 10.8 Å². The highest BCUT2D eigenvalue weighted by Crippen LogP contribution is 1.92. The van der Waals surface area contributed by atoms with Gasteiger partial charge in [0.2, 0.25) is 0 Å². The van der Waals surface area contributed by atoms with Gasteiger partial charge in [-0.2, -0.15) is 0 Å². The number of hydrogen-bond donors (Lipinski definition) is 2. The summed E-state index contributed by atoms with van der Waals surface area (Å²) in [6.07, 6.45) is 2.15. The molecule has 0 atom stereocenters. The van der Waals surface area contributed by atoms with Gasteiger partial charge in [0.15, 0.2) is 0 Å². The Kier molecular flexibility index (Phi) is 5.60. The van der Waals surface area contributed by atoms with Gasteiger partial charge in [0.25, 0.3) is 5.56 Å². The fourth-order valence-corrected chi connectivity index (χ4v) is 1.60. The van der Waals surface area contributed by atoms with E-state index in [4.69, 9.17) is 15.6 Å². The average Bonchev–Trinajstić information content (AvgIpc) is 2.35. The minimum atomic E-state index is -0.500. The lowest BCUT2D eigenvalue weighted by Gasteiger charge is -2.10. The lowest BCUT2D eigenvalue weighted by atomic mass is 10.4. The van der Waals surface area contributed by atoms with Crippen molar-refractivity contribution in [3.05, 3.63) is 27.0 Å². The Balaban J connectivity index is 2.94. The fraction of sp³-hybridized carbons (Fsp3) is 0.636. The van der Waals surface area contributed by atoms with Crippen molar-refractivity contribution in [1.82, 2.24) is 9.13 Å². The fourth-order valence-electron chi connectivity index (χ4n) is 1.60. The van der Waals surface area contributed by atoms with Gasteiger partial charge in [-0.1, -0.05) is 6.92 Å². The van der Waals surface area contributed by atoms with Gasteiger partial charge in [0.05, 0.1) is 26.4 Å². The minimum Gasteiger partial charge on any atom is -0.394 e. The van der Waals surface area contributed by atoms with E-state index < -0.39 is 5.56 Å². The second kappa shape index (κ2) is 6.97. The molecule has 1 rings (SSSR count). The molecule has 18 heavy (non-hydrogen) atoms. The molecule has 1 aromatic heterocycles. The maximum atomic E-state index is 12.0. The molecule has 1 aromatic rings. The van der Waals surface area contributed by atoms with Crippen LogP contribution in [0, 0.1) is 0 Å². The highest BCUT2D eigenvalue weighted by atomic mass is 16.5. The molecule has 0 saturated heterocycles. The van der Waals surface area contributed by atoms with E-state index in [-0.39, 0.29) is 37.7 Å². The summed E-state index contributed by atoms with van der Waals surface area (Å²) < 4.78 is 7.52. The second-order valence-electron chi connectivity index (χ2n) is 3.85. The first-order valence-corrected chi connectivity index (χ1v) is 5.90. The van der Waals surface area contributed by atoms with Gasteiger partial charge in [-0.05, 0) is 6.42 Å². The SMILES string of the molecule is CCCn1cc(N)c(=O)n(CCOCCO)c1=O. The van der Waals surface area contributed by atoms with Crippen LogP contribution in [0.2, 0.25) is 0 Å². The van der Waals surface area contributed by atoms with Crippen LogP contribution < -0.4 is 17.0 Å². The monoisotopic (exact) mass is 257 g/mol. The first-order chi connectivity index (χ1) is 8.61. The van der Waals surface area contributed by atoms with Crippen LogP contribution in [0.5, 0.6) is 0 Å². The highest BCUT2D eigenvalue weighted by Gasteiger charge is 2.08. The first kappa shape index (κ1) is 14.5. The summed E-state index contributed by atoms with van der Waals surface area (Å²) in [6.45, 7) is 2.85. The third-order valence-corrected chi connectivity index (χ3v) is 2.42. The van der Waals surface area contributed by atoms with Crippen LogP contribution in [0.4, 0.5) is 5.69 Å². The number of aryl methyl sites for hydroxylation is 1. The molecule has 0 fully saturated rings. The van der Waals surface area contributed by atoms with Crippen molar-refractivity contribution in [2.75, 3.05) is 25.6 Å². The van der Waals surface area contributed by atoms with Gasteiger partial charge in [-0.3, -0.25) is 13.9 Å². The molecule has 1 heterocycles. The lowest BCUT2D eigenvalue weighted by Crippen LogP contribution is -2.41. The normalized spacial score (nSPS) is 10.8. The number of aliphatic hydroxyl groups is 1. The quantitative estimate of drug-likeness (QED) is 0.611. The maximum Gasteiger partial charge on any atom is 0.331 e. The summed E-state index contributed by atoms with van der Waals surface area (Å²) in [5.74, 6) is 0. The van der Waals surface area contributed by atoms with E-state index in [9.17, 15) is 9.59 Å². The third-order valence-electron chi connectivity index (χ3n) is 2.42. The summed E-state index contributed by atoms with van der Waals surface area (Å²) >= 11 is 0. The number of nitrogens with zero attached hydrogens (tertiary/aromatic N) is 2. The Hall–Kier alpha value is -1.60. The Morgan fingerprint density at radius 2 is 2.06 bits per heavy atom. The van der Waals surface area contributed by atoms with Gasteiger partial charge in [-0.25, -0.2) is 4.79 Å². The smallest absolute Gasteiger partial charge is 0.331 e. The van der Waals surface area contributed by atoms with Crippen LogP contribution in [0.15, 0.2) is 15.8 Å². The van der Waals surface area contributed by atoms with E-state index >= 15 is 0 Å². The molecule has 7 heteroatoms. The van der Waals surface area contributed by atoms with Gasteiger partial charge < -0.3 is 15.6 Å². The lowest BCUT2D eigenvalue weighted by molar-refractivity contribution is 0.0857. The molecule has 0 amide bonds. The van der Waals surface area contributed by atoms with Crippen molar-refractivity contribution in [3.8, 4) is 0 Å². The Morgan fingerprint density at radius 3 is 2.67 bits per heavy atom. The standard InChI is InChI=1S/C11H19N3O4/c1-2-3-13-8-9(12)10(16)14(11(13)17)4-6-18-7-5-15/h8,15H,2-7,12H2,1H3. The molecule has 102 valence electrons. The third kappa shape index (κ3) is 3.44. The van der Waals surface area contributed by atoms with E-state index in [0.717, 1.165) is 11.0 Å². The molecule has 0 radical (unpaired) electrons. The van der Waals surface area contributed by atoms with E-state index in [1.807, 2.05) is 6.92 Å². The number of aromatic nitrogens is 2. The Bertz CT molecular complexity index is 492. The highest BCUT2D eigenvalue weighted by molar-refractivity contribution is 5.30. The molecule has 7 nitrogen and oxygen atoms in total. The zero-order chi connectivity index (χ0) is 13.5. The van der Waals surface area contributed by atoms with Crippen LogP contribution in [-0.4, -0.2) is 34.1 Å². The number of ether oxygens (including phenoxy) is 1. The van der Waals surface area contributed by atoms with Crippen LogP contribution in [0.25, 0.3) is 0 Å². The van der Waals surface area contributed by atoms with Crippen molar-refractivity contribution < 1.29 is 9.84 Å². The summed E-state index contributed by atoms with van der Waals surface area (Å²) in [7, 11) is 0. The van der Waals surface area contributed by atoms with E-state index in [2.05, 4.69) is 0 Å². The molecule has 0 spiro atoms. The molecular formula is C11H19N3O4. The van der Waals surface area contributed by atoms with Gasteiger partial charge in [0.1, 0.15) is 5.69 Å². The van der Waals surface area contributed by atoms with E-state index in [1.54, 1.807) is 0 Å². The maximum absolute atomic E-state index is 12.0. The summed E-state index contributed by atoms with van der Waals surface area (Å²) in [5, 5.41) is 8.55. The van der Waals surface area contributed by atoms with Gasteiger partial charge in [-0.15, -0.1) is 0 Å². The molecule has 0 aromatic carbocycles. The molecule has 0 unspecified atom stereocenters. The topological polar surface area (TPSA) is 99.5 Å². The largest absolute Gasteiger partial charge is 0.394 e. The summed E-state index contributed by atoms with van der Waals surface area (Å²) in [4.78, 5) is 23.7. The van der Waals surface area contributed by atoms with Crippen LogP contribution in [-0.2, 0) is 17.8 Å². The molecule has 0 saturated carbocycles. The molecule has 0 aliphatic heterocycles. The van der Waals surface area contributed by atoms with Crippen LogP contribution in [0.3, 0.4) is 0 Å². The predicted octanol–water partition coefficient (Wildman–Crippen LogP) is -0.989. The molecule has 0 aliphatic carbocycles. The second-order valence-corrected chi connectivity index (χ2v) is 3.85.